The molecule has 0 unspecified atom stereocenters. The van der Waals surface area contributed by atoms with Crippen LogP contribution < -0.4 is 9.64 Å². The third-order valence-electron chi connectivity index (χ3n) is 4.40. The molecule has 2 aromatic heterocycles. The molecule has 8 heteroatoms. The third kappa shape index (κ3) is 4.51. The van der Waals surface area contributed by atoms with E-state index in [2.05, 4.69) is 10.00 Å². The van der Waals surface area contributed by atoms with Crippen molar-refractivity contribution in [1.29, 1.82) is 0 Å². The van der Waals surface area contributed by atoms with Gasteiger partial charge in [0.2, 0.25) is 0 Å². The van der Waals surface area contributed by atoms with Gasteiger partial charge in [0.15, 0.2) is 10.8 Å². The van der Waals surface area contributed by atoms with Crippen LogP contribution in [0.25, 0.3) is 10.2 Å². The van der Waals surface area contributed by atoms with Crippen LogP contribution in [0.5, 0.6) is 5.75 Å². The molecule has 0 radical (unpaired) electrons. The molecule has 0 fully saturated rings. The molecular formula is C20H27N5O2S. The largest absolute Gasteiger partial charge is 0.497 e. The molecule has 2 heterocycles. The van der Waals surface area contributed by atoms with Gasteiger partial charge in [0.05, 0.1) is 17.3 Å². The van der Waals surface area contributed by atoms with Crippen LogP contribution in [0.3, 0.4) is 0 Å². The van der Waals surface area contributed by atoms with E-state index in [0.717, 1.165) is 28.9 Å². The lowest BCUT2D eigenvalue weighted by molar-refractivity contribution is 0.0980. The normalized spacial score (nSPS) is 11.5. The number of carbonyl (C=O) groups excluding carboxylic acids is 1. The van der Waals surface area contributed by atoms with Gasteiger partial charge >= 0.3 is 0 Å². The zero-order valence-electron chi connectivity index (χ0n) is 17.0. The fourth-order valence-corrected chi connectivity index (χ4v) is 3.86. The average Bonchev–Trinajstić information content (AvgIpc) is 3.30. The number of methoxy groups -OCH3 is 1. The monoisotopic (exact) mass is 401 g/mol. The minimum absolute atomic E-state index is 0.121. The summed E-state index contributed by atoms with van der Waals surface area (Å²) in [6, 6.07) is 7.74. The summed E-state index contributed by atoms with van der Waals surface area (Å²) in [5.74, 6) is 0.660. The molecule has 0 bridgehead atoms. The summed E-state index contributed by atoms with van der Waals surface area (Å²) in [4.78, 5) is 21.8. The number of amides is 1. The number of carbonyl (C=O) groups is 1. The van der Waals surface area contributed by atoms with E-state index in [0.29, 0.717) is 17.4 Å². The molecule has 28 heavy (non-hydrogen) atoms. The van der Waals surface area contributed by atoms with Crippen molar-refractivity contribution in [2.45, 2.75) is 26.3 Å². The molecule has 0 aliphatic carbocycles. The predicted octanol–water partition coefficient (Wildman–Crippen LogP) is 3.68. The maximum atomic E-state index is 13.2. The van der Waals surface area contributed by atoms with Gasteiger partial charge in [-0.05, 0) is 65.2 Å². The lowest BCUT2D eigenvalue weighted by atomic mass is 10.3. The molecule has 0 atom stereocenters. The Hall–Kier alpha value is -2.45. The smallest absolute Gasteiger partial charge is 0.280 e. The van der Waals surface area contributed by atoms with Crippen LogP contribution in [-0.4, -0.2) is 59.9 Å². The van der Waals surface area contributed by atoms with Crippen LogP contribution in [0.15, 0.2) is 30.5 Å². The topological polar surface area (TPSA) is 63.5 Å². The molecule has 7 nitrogen and oxygen atoms in total. The Bertz CT molecular complexity index is 947. The highest BCUT2D eigenvalue weighted by Crippen LogP contribution is 2.32. The first kappa shape index (κ1) is 20.3. The Labute approximate surface area is 169 Å². The number of hydrogen-bond donors (Lipinski definition) is 0. The van der Waals surface area contributed by atoms with E-state index in [1.54, 1.807) is 22.8 Å². The molecule has 3 aromatic rings. The molecule has 3 rings (SSSR count). The Morgan fingerprint density at radius 3 is 2.68 bits per heavy atom. The zero-order chi connectivity index (χ0) is 20.3. The number of benzene rings is 1. The van der Waals surface area contributed by atoms with Gasteiger partial charge in [0, 0.05) is 18.8 Å². The molecule has 0 saturated carbocycles. The average molecular weight is 402 g/mol. The SMILES string of the molecule is COc1ccc2nc(N(CCCN(C)C)C(=O)c3ccn(C(C)C)n3)sc2c1. The highest BCUT2D eigenvalue weighted by molar-refractivity contribution is 7.22. The number of hydrogen-bond acceptors (Lipinski definition) is 6. The molecule has 0 aliphatic heterocycles. The van der Waals surface area contributed by atoms with E-state index in [1.165, 1.54) is 11.3 Å². The third-order valence-corrected chi connectivity index (χ3v) is 5.45. The van der Waals surface area contributed by atoms with E-state index < -0.39 is 0 Å². The van der Waals surface area contributed by atoms with Crippen molar-refractivity contribution in [2.75, 3.05) is 39.2 Å². The van der Waals surface area contributed by atoms with E-state index in [-0.39, 0.29) is 11.9 Å². The molecule has 150 valence electrons. The number of thiazole rings is 1. The Balaban J connectivity index is 1.92. The number of anilines is 1. The molecule has 1 aromatic carbocycles. The van der Waals surface area contributed by atoms with E-state index in [4.69, 9.17) is 9.72 Å². The van der Waals surface area contributed by atoms with Gasteiger partial charge in [-0.3, -0.25) is 14.4 Å². The molecule has 1 amide bonds. The van der Waals surface area contributed by atoms with Crippen LogP contribution in [-0.2, 0) is 0 Å². The second-order valence-corrected chi connectivity index (χ2v) is 8.23. The van der Waals surface area contributed by atoms with Gasteiger partial charge in [-0.1, -0.05) is 11.3 Å². The lowest BCUT2D eigenvalue weighted by Crippen LogP contribution is -2.33. The summed E-state index contributed by atoms with van der Waals surface area (Å²) in [5, 5.41) is 5.14. The van der Waals surface area contributed by atoms with Gasteiger partial charge in [0.1, 0.15) is 5.75 Å². The summed E-state index contributed by atoms with van der Waals surface area (Å²) in [6.07, 6.45) is 2.70. The number of fused-ring (bicyclic) bond motifs is 1. The first-order chi connectivity index (χ1) is 13.4. The fraction of sp³-hybridized carbons (Fsp3) is 0.450. The number of ether oxygens (including phenoxy) is 1. The van der Waals surface area contributed by atoms with Crippen molar-refractivity contribution in [1.82, 2.24) is 19.7 Å². The quantitative estimate of drug-likeness (QED) is 0.576. The molecule has 0 aliphatic rings. The van der Waals surface area contributed by atoms with Gasteiger partial charge in [-0.15, -0.1) is 0 Å². The summed E-state index contributed by atoms with van der Waals surface area (Å²) in [6.45, 7) is 5.56. The summed E-state index contributed by atoms with van der Waals surface area (Å²) in [7, 11) is 5.70. The number of rotatable bonds is 8. The van der Waals surface area contributed by atoms with E-state index in [9.17, 15) is 4.79 Å². The van der Waals surface area contributed by atoms with Crippen molar-refractivity contribution < 1.29 is 9.53 Å². The maximum Gasteiger partial charge on any atom is 0.280 e. The van der Waals surface area contributed by atoms with Crippen molar-refractivity contribution >= 4 is 32.6 Å². The standard InChI is InChI=1S/C20H27N5O2S/c1-14(2)25-12-9-17(22-25)19(26)24(11-6-10-23(3)4)20-21-16-8-7-15(27-5)13-18(16)28-20/h7-9,12-14H,6,10-11H2,1-5H3. The van der Waals surface area contributed by atoms with Gasteiger partial charge in [-0.25, -0.2) is 4.98 Å². The minimum Gasteiger partial charge on any atom is -0.497 e. The van der Waals surface area contributed by atoms with Crippen LogP contribution in [0.1, 0.15) is 36.8 Å². The van der Waals surface area contributed by atoms with E-state index in [1.807, 2.05) is 52.3 Å². The van der Waals surface area contributed by atoms with Gasteiger partial charge in [0.25, 0.3) is 5.91 Å². The van der Waals surface area contributed by atoms with Gasteiger partial charge in [-0.2, -0.15) is 5.10 Å². The Morgan fingerprint density at radius 2 is 2.04 bits per heavy atom. The summed E-state index contributed by atoms with van der Waals surface area (Å²) < 4.78 is 8.10. The minimum atomic E-state index is -0.121. The Morgan fingerprint density at radius 1 is 1.25 bits per heavy atom. The predicted molar refractivity (Wildman–Crippen MR) is 114 cm³/mol. The summed E-state index contributed by atoms with van der Waals surface area (Å²) in [5.41, 5.74) is 1.30. The second kappa shape index (κ2) is 8.70. The van der Waals surface area contributed by atoms with Crippen molar-refractivity contribution in [3.8, 4) is 5.75 Å². The molecule has 0 saturated heterocycles. The maximum absolute atomic E-state index is 13.2. The molecular weight excluding hydrogens is 374 g/mol. The van der Waals surface area contributed by atoms with Gasteiger partial charge < -0.3 is 9.64 Å². The second-order valence-electron chi connectivity index (χ2n) is 7.22. The molecule has 0 spiro atoms. The fourth-order valence-electron chi connectivity index (χ4n) is 2.84. The van der Waals surface area contributed by atoms with Crippen LogP contribution in [0.4, 0.5) is 5.13 Å². The van der Waals surface area contributed by atoms with Crippen LogP contribution in [0.2, 0.25) is 0 Å². The first-order valence-electron chi connectivity index (χ1n) is 9.35. The number of nitrogens with zero attached hydrogens (tertiary/aromatic N) is 5. The first-order valence-corrected chi connectivity index (χ1v) is 10.2. The summed E-state index contributed by atoms with van der Waals surface area (Å²) >= 11 is 1.50. The van der Waals surface area contributed by atoms with Crippen molar-refractivity contribution in [2.24, 2.45) is 0 Å². The highest BCUT2D eigenvalue weighted by Gasteiger charge is 2.23. The van der Waals surface area contributed by atoms with E-state index >= 15 is 0 Å². The van der Waals surface area contributed by atoms with Crippen LogP contribution >= 0.6 is 11.3 Å². The Kier molecular flexibility index (Phi) is 6.31. The van der Waals surface area contributed by atoms with Crippen molar-refractivity contribution in [3.05, 3.63) is 36.2 Å². The molecule has 0 N–H and O–H groups in total. The lowest BCUT2D eigenvalue weighted by Gasteiger charge is -2.20. The highest BCUT2D eigenvalue weighted by atomic mass is 32.1. The van der Waals surface area contributed by atoms with Crippen molar-refractivity contribution in [3.63, 3.8) is 0 Å². The van der Waals surface area contributed by atoms with Crippen LogP contribution in [0, 0.1) is 0 Å². The number of aromatic nitrogens is 3. The zero-order valence-corrected chi connectivity index (χ0v) is 17.9.